The molecule has 1 aromatic rings. The molecule has 4 unspecified atom stereocenters. The van der Waals surface area contributed by atoms with Gasteiger partial charge in [-0.05, 0) is 55.7 Å². The number of aliphatic carboxylic acids is 1. The highest BCUT2D eigenvalue weighted by molar-refractivity contribution is 5.94. The highest BCUT2D eigenvalue weighted by atomic mass is 16.4. The van der Waals surface area contributed by atoms with E-state index in [4.69, 9.17) is 5.73 Å². The maximum Gasteiger partial charge on any atom is 0.326 e. The van der Waals surface area contributed by atoms with Crippen LogP contribution in [0.5, 0.6) is 5.75 Å². The smallest absolute Gasteiger partial charge is 0.326 e. The van der Waals surface area contributed by atoms with Crippen LogP contribution in [0.3, 0.4) is 0 Å². The van der Waals surface area contributed by atoms with E-state index in [1.807, 2.05) is 13.8 Å². The van der Waals surface area contributed by atoms with Gasteiger partial charge < -0.3 is 31.1 Å². The summed E-state index contributed by atoms with van der Waals surface area (Å²) in [5.41, 5.74) is 6.85. The minimum Gasteiger partial charge on any atom is -0.508 e. The highest BCUT2D eigenvalue weighted by Gasteiger charge is 2.44. The van der Waals surface area contributed by atoms with Crippen molar-refractivity contribution in [1.29, 1.82) is 0 Å². The highest BCUT2D eigenvalue weighted by Crippen LogP contribution is 2.26. The van der Waals surface area contributed by atoms with Crippen molar-refractivity contribution in [3.05, 3.63) is 29.8 Å². The molecule has 0 radical (unpaired) electrons. The van der Waals surface area contributed by atoms with Gasteiger partial charge in [-0.3, -0.25) is 14.4 Å². The summed E-state index contributed by atoms with van der Waals surface area (Å²) in [6.45, 7) is 4.36. The molecule has 34 heavy (non-hydrogen) atoms. The van der Waals surface area contributed by atoms with E-state index in [2.05, 4.69) is 5.32 Å². The fraction of sp³-hybridized carbons (Fsp3) is 0.583. The molecule has 2 fully saturated rings. The van der Waals surface area contributed by atoms with E-state index in [1.54, 1.807) is 12.1 Å². The SMILES string of the molecule is CC(C)C(NC(=O)C(N)Cc1ccc(O)cc1)C(=O)N1CCCC1C(=O)N1CCCC1C(=O)O. The first kappa shape index (κ1) is 25.5. The Labute approximate surface area is 199 Å². The Balaban J connectivity index is 1.68. The Bertz CT molecular complexity index is 919. The summed E-state index contributed by atoms with van der Waals surface area (Å²) in [6, 6.07) is 3.05. The first-order valence-corrected chi connectivity index (χ1v) is 11.8. The number of benzene rings is 1. The number of hydrogen-bond acceptors (Lipinski definition) is 6. The lowest BCUT2D eigenvalue weighted by atomic mass is 10.00. The van der Waals surface area contributed by atoms with Crippen LogP contribution in [0.15, 0.2) is 24.3 Å². The zero-order valence-corrected chi connectivity index (χ0v) is 19.6. The molecule has 10 nitrogen and oxygen atoms in total. The predicted octanol–water partition coefficient (Wildman–Crippen LogP) is 0.469. The maximum atomic E-state index is 13.4. The van der Waals surface area contributed by atoms with Gasteiger partial charge in [-0.1, -0.05) is 26.0 Å². The number of phenolic OH excluding ortho intramolecular Hbond substituents is 1. The number of likely N-dealkylation sites (tertiary alicyclic amines) is 2. The van der Waals surface area contributed by atoms with Crippen LogP contribution >= 0.6 is 0 Å². The van der Waals surface area contributed by atoms with E-state index in [9.17, 15) is 29.4 Å². The van der Waals surface area contributed by atoms with Crippen molar-refractivity contribution in [1.82, 2.24) is 15.1 Å². The Kier molecular flexibility index (Phi) is 8.14. The van der Waals surface area contributed by atoms with E-state index in [0.29, 0.717) is 38.8 Å². The first-order valence-electron chi connectivity index (χ1n) is 11.8. The van der Waals surface area contributed by atoms with Gasteiger partial charge in [-0.2, -0.15) is 0 Å². The number of carbonyl (C=O) groups is 4. The molecule has 2 saturated heterocycles. The summed E-state index contributed by atoms with van der Waals surface area (Å²) >= 11 is 0. The molecule has 2 aliphatic heterocycles. The Morgan fingerprint density at radius 1 is 1.03 bits per heavy atom. The summed E-state index contributed by atoms with van der Waals surface area (Å²) in [6.07, 6.45) is 2.36. The van der Waals surface area contributed by atoms with Crippen LogP contribution in [0.1, 0.15) is 45.1 Å². The van der Waals surface area contributed by atoms with Crippen LogP contribution in [0.2, 0.25) is 0 Å². The monoisotopic (exact) mass is 474 g/mol. The van der Waals surface area contributed by atoms with Gasteiger partial charge in [0.05, 0.1) is 6.04 Å². The van der Waals surface area contributed by atoms with Crippen molar-refractivity contribution in [3.8, 4) is 5.75 Å². The molecule has 5 N–H and O–H groups in total. The third-order valence-electron chi connectivity index (χ3n) is 6.60. The fourth-order valence-electron chi connectivity index (χ4n) is 4.70. The number of carboxylic acids is 1. The van der Waals surface area contributed by atoms with Crippen molar-refractivity contribution in [2.45, 2.75) is 70.1 Å². The number of aromatic hydroxyl groups is 1. The fourth-order valence-corrected chi connectivity index (χ4v) is 4.70. The van der Waals surface area contributed by atoms with Gasteiger partial charge in [0.1, 0.15) is 23.9 Å². The van der Waals surface area contributed by atoms with E-state index in [0.717, 1.165) is 5.56 Å². The minimum absolute atomic E-state index is 0.116. The summed E-state index contributed by atoms with van der Waals surface area (Å²) in [4.78, 5) is 53.8. The van der Waals surface area contributed by atoms with Crippen LogP contribution in [-0.2, 0) is 25.6 Å². The van der Waals surface area contributed by atoms with Gasteiger partial charge >= 0.3 is 5.97 Å². The van der Waals surface area contributed by atoms with Gasteiger partial charge in [0, 0.05) is 13.1 Å². The van der Waals surface area contributed by atoms with Crippen LogP contribution in [-0.4, -0.2) is 81.0 Å². The van der Waals surface area contributed by atoms with Crippen LogP contribution in [0, 0.1) is 5.92 Å². The maximum absolute atomic E-state index is 13.4. The second kappa shape index (κ2) is 10.9. The number of carboxylic acid groups (broad SMARTS) is 1. The number of nitrogens with one attached hydrogen (secondary N) is 1. The molecule has 2 heterocycles. The number of nitrogens with zero attached hydrogens (tertiary/aromatic N) is 2. The zero-order valence-electron chi connectivity index (χ0n) is 19.6. The molecular weight excluding hydrogens is 440 g/mol. The largest absolute Gasteiger partial charge is 0.508 e. The van der Waals surface area contributed by atoms with Crippen LogP contribution in [0.4, 0.5) is 0 Å². The van der Waals surface area contributed by atoms with Crippen molar-refractivity contribution in [2.24, 2.45) is 11.7 Å². The zero-order chi connectivity index (χ0) is 25.0. The summed E-state index contributed by atoms with van der Waals surface area (Å²) in [5, 5.41) is 21.6. The molecule has 1 aromatic carbocycles. The second-order valence-corrected chi connectivity index (χ2v) is 9.42. The van der Waals surface area contributed by atoms with E-state index < -0.39 is 36.0 Å². The van der Waals surface area contributed by atoms with E-state index in [1.165, 1.54) is 21.9 Å². The molecule has 3 rings (SSSR count). The molecule has 2 aliphatic rings. The number of nitrogens with two attached hydrogens (primary N) is 1. The van der Waals surface area contributed by atoms with Gasteiger partial charge in [0.15, 0.2) is 0 Å². The summed E-state index contributed by atoms with van der Waals surface area (Å²) in [5.74, 6) is -2.34. The molecule has 4 atom stereocenters. The lowest BCUT2D eigenvalue weighted by Crippen LogP contribution is -2.58. The quantitative estimate of drug-likeness (QED) is 0.427. The standard InChI is InChI=1S/C24H34N4O6/c1-14(2)20(26-21(30)17(25)13-15-7-9-16(29)10-8-15)23(32)27-11-3-5-18(27)22(31)28-12-4-6-19(28)24(33)34/h7-10,14,17-20,29H,3-6,11-13,25H2,1-2H3,(H,26,30)(H,33,34). The van der Waals surface area contributed by atoms with Crippen molar-refractivity contribution in [2.75, 3.05) is 13.1 Å². The van der Waals surface area contributed by atoms with E-state index in [-0.39, 0.29) is 29.9 Å². The number of phenols is 1. The van der Waals surface area contributed by atoms with Gasteiger partial charge in [-0.15, -0.1) is 0 Å². The average molecular weight is 475 g/mol. The molecule has 0 aromatic heterocycles. The van der Waals surface area contributed by atoms with Gasteiger partial charge in [0.2, 0.25) is 17.7 Å². The third-order valence-corrected chi connectivity index (χ3v) is 6.60. The van der Waals surface area contributed by atoms with Crippen LogP contribution in [0.25, 0.3) is 0 Å². The Hall–Kier alpha value is -3.14. The summed E-state index contributed by atoms with van der Waals surface area (Å²) in [7, 11) is 0. The van der Waals surface area contributed by atoms with Gasteiger partial charge in [0.25, 0.3) is 0 Å². The first-order chi connectivity index (χ1) is 16.1. The van der Waals surface area contributed by atoms with Crippen molar-refractivity contribution < 1.29 is 29.4 Å². The molecule has 0 spiro atoms. The number of amides is 3. The molecule has 0 aliphatic carbocycles. The van der Waals surface area contributed by atoms with Crippen molar-refractivity contribution >= 4 is 23.7 Å². The third kappa shape index (κ3) is 5.67. The topological polar surface area (TPSA) is 153 Å². The number of carbonyl (C=O) groups excluding carboxylic acids is 3. The molecule has 0 bridgehead atoms. The average Bonchev–Trinajstić information content (AvgIpc) is 3.47. The lowest BCUT2D eigenvalue weighted by molar-refractivity contribution is -0.152. The molecule has 186 valence electrons. The predicted molar refractivity (Wildman–Crippen MR) is 124 cm³/mol. The Morgan fingerprint density at radius 3 is 2.21 bits per heavy atom. The molecular formula is C24H34N4O6. The lowest BCUT2D eigenvalue weighted by Gasteiger charge is -2.33. The van der Waals surface area contributed by atoms with Crippen molar-refractivity contribution in [3.63, 3.8) is 0 Å². The summed E-state index contributed by atoms with van der Waals surface area (Å²) < 4.78 is 0. The minimum atomic E-state index is -1.03. The molecule has 10 heteroatoms. The molecule has 3 amide bonds. The molecule has 0 saturated carbocycles. The normalized spacial score (nSPS) is 22.0. The van der Waals surface area contributed by atoms with E-state index >= 15 is 0 Å². The number of rotatable bonds is 8. The number of hydrogen-bond donors (Lipinski definition) is 4. The van der Waals surface area contributed by atoms with Gasteiger partial charge in [-0.25, -0.2) is 4.79 Å². The second-order valence-electron chi connectivity index (χ2n) is 9.42. The van der Waals surface area contributed by atoms with Crippen LogP contribution < -0.4 is 11.1 Å². The Morgan fingerprint density at radius 2 is 1.62 bits per heavy atom.